The van der Waals surface area contributed by atoms with Crippen LogP contribution in [0.1, 0.15) is 35.3 Å². The summed E-state index contributed by atoms with van der Waals surface area (Å²) in [6.45, 7) is 7.66. The Morgan fingerprint density at radius 1 is 1.00 bits per heavy atom. The van der Waals surface area contributed by atoms with E-state index in [1.807, 2.05) is 76.2 Å². The smallest absolute Gasteiger partial charge is 0.251 e. The molecule has 0 aliphatic carbocycles. The lowest BCUT2D eigenvalue weighted by Crippen LogP contribution is -2.26. The van der Waals surface area contributed by atoms with Gasteiger partial charge in [0.1, 0.15) is 0 Å². The predicted octanol–water partition coefficient (Wildman–Crippen LogP) is 3.83. The largest absolute Gasteiger partial charge is 0.490 e. The van der Waals surface area contributed by atoms with Crippen molar-refractivity contribution in [2.75, 3.05) is 38.8 Å². The maximum Gasteiger partial charge on any atom is 0.251 e. The Labute approximate surface area is 162 Å². The highest BCUT2D eigenvalue weighted by atomic mass is 16.5. The molecule has 0 aliphatic rings. The van der Waals surface area contributed by atoms with Crippen molar-refractivity contribution in [1.82, 2.24) is 5.32 Å². The molecule has 0 aromatic heterocycles. The number of rotatable bonds is 9. The van der Waals surface area contributed by atoms with Crippen molar-refractivity contribution < 1.29 is 14.3 Å². The summed E-state index contributed by atoms with van der Waals surface area (Å²) in [4.78, 5) is 14.4. The number of nitrogens with zero attached hydrogens (tertiary/aromatic N) is 1. The standard InChI is InChI=1S/C22H30N2O3/c1-6-26-20-11-8-17(15-21(20)27-7-2)12-13-23-22(25)18-9-10-19(24(4)5)16(3)14-18/h8-11,14-15H,6-7,12-13H2,1-5H3,(H,23,25). The highest BCUT2D eigenvalue weighted by molar-refractivity contribution is 5.94. The summed E-state index contributed by atoms with van der Waals surface area (Å²) in [6, 6.07) is 11.7. The molecule has 1 amide bonds. The minimum atomic E-state index is -0.0561. The lowest BCUT2D eigenvalue weighted by Gasteiger charge is -2.16. The molecular weight excluding hydrogens is 340 g/mol. The Morgan fingerprint density at radius 3 is 2.33 bits per heavy atom. The summed E-state index contributed by atoms with van der Waals surface area (Å²) in [6.07, 6.45) is 0.729. The van der Waals surface area contributed by atoms with E-state index in [2.05, 4.69) is 5.32 Å². The SMILES string of the molecule is CCOc1ccc(CCNC(=O)c2ccc(N(C)C)c(C)c2)cc1OCC. The van der Waals surface area contributed by atoms with Crippen LogP contribution in [0.15, 0.2) is 36.4 Å². The van der Waals surface area contributed by atoms with E-state index >= 15 is 0 Å². The van der Waals surface area contributed by atoms with E-state index < -0.39 is 0 Å². The Bertz CT molecular complexity index is 772. The van der Waals surface area contributed by atoms with Gasteiger partial charge in [0.15, 0.2) is 11.5 Å². The van der Waals surface area contributed by atoms with Crippen molar-refractivity contribution in [3.8, 4) is 11.5 Å². The fourth-order valence-corrected chi connectivity index (χ4v) is 2.97. The van der Waals surface area contributed by atoms with E-state index in [1.54, 1.807) is 0 Å². The van der Waals surface area contributed by atoms with Crippen molar-refractivity contribution in [3.63, 3.8) is 0 Å². The first-order valence-electron chi connectivity index (χ1n) is 9.41. The number of aryl methyl sites for hydroxylation is 1. The molecule has 0 fully saturated rings. The molecule has 0 aliphatic heterocycles. The molecule has 0 spiro atoms. The summed E-state index contributed by atoms with van der Waals surface area (Å²) in [7, 11) is 3.99. The molecule has 0 unspecified atom stereocenters. The summed E-state index contributed by atoms with van der Waals surface area (Å²) < 4.78 is 11.2. The fourth-order valence-electron chi connectivity index (χ4n) is 2.97. The van der Waals surface area contributed by atoms with Crippen LogP contribution in [0, 0.1) is 6.92 Å². The Hall–Kier alpha value is -2.69. The Balaban J connectivity index is 1.96. The Kier molecular flexibility index (Phi) is 7.53. The van der Waals surface area contributed by atoms with Crippen LogP contribution in [0.25, 0.3) is 0 Å². The van der Waals surface area contributed by atoms with Crippen LogP contribution in [-0.4, -0.2) is 39.8 Å². The minimum absolute atomic E-state index is 0.0561. The molecular formula is C22H30N2O3. The number of carbonyl (C=O) groups excluding carboxylic acids is 1. The summed E-state index contributed by atoms with van der Waals surface area (Å²) in [5.74, 6) is 1.45. The number of ether oxygens (including phenoxy) is 2. The number of hydrogen-bond acceptors (Lipinski definition) is 4. The van der Waals surface area contributed by atoms with Gasteiger partial charge in [0.25, 0.3) is 5.91 Å². The average Bonchev–Trinajstić information content (AvgIpc) is 2.63. The van der Waals surface area contributed by atoms with E-state index in [0.717, 1.165) is 34.7 Å². The van der Waals surface area contributed by atoms with Crippen molar-refractivity contribution >= 4 is 11.6 Å². The van der Waals surface area contributed by atoms with Gasteiger partial charge in [-0.25, -0.2) is 0 Å². The van der Waals surface area contributed by atoms with E-state index in [-0.39, 0.29) is 5.91 Å². The van der Waals surface area contributed by atoms with Gasteiger partial charge >= 0.3 is 0 Å². The second-order valence-corrected chi connectivity index (χ2v) is 6.55. The quantitative estimate of drug-likeness (QED) is 0.729. The lowest BCUT2D eigenvalue weighted by molar-refractivity contribution is 0.0954. The average molecular weight is 370 g/mol. The van der Waals surface area contributed by atoms with Gasteiger partial charge in [0.05, 0.1) is 13.2 Å². The van der Waals surface area contributed by atoms with Crippen LogP contribution < -0.4 is 19.7 Å². The van der Waals surface area contributed by atoms with Crippen molar-refractivity contribution in [1.29, 1.82) is 0 Å². The molecule has 2 aromatic carbocycles. The van der Waals surface area contributed by atoms with E-state index in [0.29, 0.717) is 25.3 Å². The van der Waals surface area contributed by atoms with Gasteiger partial charge in [-0.15, -0.1) is 0 Å². The highest BCUT2D eigenvalue weighted by Gasteiger charge is 2.10. The maximum atomic E-state index is 12.4. The zero-order valence-corrected chi connectivity index (χ0v) is 17.0. The van der Waals surface area contributed by atoms with E-state index in [4.69, 9.17) is 9.47 Å². The van der Waals surface area contributed by atoms with Crippen LogP contribution in [0.2, 0.25) is 0 Å². The van der Waals surface area contributed by atoms with Gasteiger partial charge in [-0.3, -0.25) is 4.79 Å². The number of nitrogens with one attached hydrogen (secondary N) is 1. The maximum absolute atomic E-state index is 12.4. The van der Waals surface area contributed by atoms with Crippen LogP contribution >= 0.6 is 0 Å². The molecule has 5 heteroatoms. The number of benzene rings is 2. The van der Waals surface area contributed by atoms with Crippen LogP contribution in [0.3, 0.4) is 0 Å². The van der Waals surface area contributed by atoms with Gasteiger partial charge in [0, 0.05) is 31.9 Å². The topological polar surface area (TPSA) is 50.8 Å². The molecule has 0 bridgehead atoms. The molecule has 1 N–H and O–H groups in total. The second kappa shape index (κ2) is 9.86. The third kappa shape index (κ3) is 5.64. The van der Waals surface area contributed by atoms with Crippen molar-refractivity contribution in [2.24, 2.45) is 0 Å². The van der Waals surface area contributed by atoms with Crippen LogP contribution in [0.4, 0.5) is 5.69 Å². The first-order chi connectivity index (χ1) is 13.0. The van der Waals surface area contributed by atoms with E-state index in [1.165, 1.54) is 0 Å². The number of anilines is 1. The van der Waals surface area contributed by atoms with Crippen LogP contribution in [-0.2, 0) is 6.42 Å². The monoisotopic (exact) mass is 370 g/mol. The van der Waals surface area contributed by atoms with Crippen LogP contribution in [0.5, 0.6) is 11.5 Å². The van der Waals surface area contributed by atoms with Gasteiger partial charge in [0.2, 0.25) is 0 Å². The van der Waals surface area contributed by atoms with Gasteiger partial charge in [-0.05, 0) is 68.7 Å². The second-order valence-electron chi connectivity index (χ2n) is 6.55. The first-order valence-corrected chi connectivity index (χ1v) is 9.41. The van der Waals surface area contributed by atoms with Gasteiger partial charge < -0.3 is 19.7 Å². The number of hydrogen-bond donors (Lipinski definition) is 1. The molecule has 2 rings (SSSR count). The molecule has 2 aromatic rings. The van der Waals surface area contributed by atoms with E-state index in [9.17, 15) is 4.79 Å². The normalized spacial score (nSPS) is 10.4. The fraction of sp³-hybridized carbons (Fsp3) is 0.409. The zero-order chi connectivity index (χ0) is 19.8. The zero-order valence-electron chi connectivity index (χ0n) is 17.0. The molecule has 27 heavy (non-hydrogen) atoms. The molecule has 0 saturated heterocycles. The molecule has 0 radical (unpaired) electrons. The molecule has 0 heterocycles. The van der Waals surface area contributed by atoms with Gasteiger partial charge in [-0.1, -0.05) is 6.07 Å². The molecule has 5 nitrogen and oxygen atoms in total. The highest BCUT2D eigenvalue weighted by Crippen LogP contribution is 2.28. The van der Waals surface area contributed by atoms with Crippen molar-refractivity contribution in [3.05, 3.63) is 53.1 Å². The predicted molar refractivity (Wildman–Crippen MR) is 110 cm³/mol. The number of carbonyl (C=O) groups is 1. The molecule has 146 valence electrons. The lowest BCUT2D eigenvalue weighted by atomic mass is 10.1. The Morgan fingerprint density at radius 2 is 1.70 bits per heavy atom. The summed E-state index contributed by atoms with van der Waals surface area (Å²) in [5, 5.41) is 2.99. The molecule has 0 saturated carbocycles. The minimum Gasteiger partial charge on any atom is -0.490 e. The molecule has 0 atom stereocenters. The number of amides is 1. The third-order valence-corrected chi connectivity index (χ3v) is 4.25. The third-order valence-electron chi connectivity index (χ3n) is 4.25. The van der Waals surface area contributed by atoms with Crippen molar-refractivity contribution in [2.45, 2.75) is 27.2 Å². The summed E-state index contributed by atoms with van der Waals surface area (Å²) in [5.41, 5.74) is 3.98. The first kappa shape index (κ1) is 20.6. The van der Waals surface area contributed by atoms with Gasteiger partial charge in [-0.2, -0.15) is 0 Å². The summed E-state index contributed by atoms with van der Waals surface area (Å²) >= 11 is 0.